The minimum absolute atomic E-state index is 0.134. The number of ether oxygens (including phenoxy) is 3. The summed E-state index contributed by atoms with van der Waals surface area (Å²) in [4.78, 5) is 12.2. The van der Waals surface area contributed by atoms with Gasteiger partial charge in [0.05, 0.1) is 11.6 Å². The van der Waals surface area contributed by atoms with Crippen LogP contribution >= 0.6 is 0 Å². The molecule has 5 nitrogen and oxygen atoms in total. The van der Waals surface area contributed by atoms with Gasteiger partial charge >= 0.3 is 5.97 Å². The molecule has 0 unspecified atom stereocenters. The number of benzene rings is 2. The molecule has 0 fully saturated rings. The maximum atomic E-state index is 12.2. The summed E-state index contributed by atoms with van der Waals surface area (Å²) < 4.78 is 16.2. The topological polar surface area (TPSA) is 68.5 Å². The number of nitriles is 1. The van der Waals surface area contributed by atoms with Crippen LogP contribution in [-0.2, 0) is 11.3 Å². The maximum absolute atomic E-state index is 12.2. The van der Waals surface area contributed by atoms with E-state index in [4.69, 9.17) is 19.5 Å². The fourth-order valence-corrected chi connectivity index (χ4v) is 2.14. The Morgan fingerprint density at radius 2 is 1.91 bits per heavy atom. The minimum atomic E-state index is -0.466. The molecule has 0 radical (unpaired) electrons. The van der Waals surface area contributed by atoms with Crippen molar-refractivity contribution in [1.29, 1.82) is 5.26 Å². The lowest BCUT2D eigenvalue weighted by Gasteiger charge is -2.20. The van der Waals surface area contributed by atoms with E-state index in [0.717, 1.165) is 5.56 Å². The van der Waals surface area contributed by atoms with E-state index >= 15 is 0 Å². The van der Waals surface area contributed by atoms with Crippen molar-refractivity contribution in [2.24, 2.45) is 0 Å². The summed E-state index contributed by atoms with van der Waals surface area (Å²) in [6.45, 7) is 1.01. The second-order valence-electron chi connectivity index (χ2n) is 4.71. The van der Waals surface area contributed by atoms with Gasteiger partial charge in [-0.05, 0) is 29.8 Å². The summed E-state index contributed by atoms with van der Waals surface area (Å²) in [5.41, 5.74) is 1.73. The van der Waals surface area contributed by atoms with Crippen LogP contribution in [0.5, 0.6) is 11.5 Å². The monoisotopic (exact) mass is 295 g/mol. The van der Waals surface area contributed by atoms with Gasteiger partial charge in [-0.2, -0.15) is 5.26 Å². The highest BCUT2D eigenvalue weighted by Crippen LogP contribution is 2.34. The van der Waals surface area contributed by atoms with Crippen LogP contribution in [0.25, 0.3) is 0 Å². The van der Waals surface area contributed by atoms with E-state index in [9.17, 15) is 4.79 Å². The Bertz CT molecular complexity index is 731. The van der Waals surface area contributed by atoms with Crippen LogP contribution in [0.4, 0.5) is 0 Å². The zero-order valence-corrected chi connectivity index (χ0v) is 11.7. The molecule has 0 aromatic heterocycles. The lowest BCUT2D eigenvalue weighted by Crippen LogP contribution is -2.18. The summed E-state index contributed by atoms with van der Waals surface area (Å²) in [6, 6.07) is 14.1. The summed E-state index contributed by atoms with van der Waals surface area (Å²) >= 11 is 0. The molecule has 0 spiro atoms. The molecule has 110 valence electrons. The molecule has 0 saturated heterocycles. The third kappa shape index (κ3) is 2.86. The van der Waals surface area contributed by atoms with Crippen molar-refractivity contribution < 1.29 is 19.0 Å². The maximum Gasteiger partial charge on any atom is 0.342 e. The fourth-order valence-electron chi connectivity index (χ4n) is 2.14. The average molecular weight is 295 g/mol. The van der Waals surface area contributed by atoms with Crippen LogP contribution in [0.1, 0.15) is 21.5 Å². The van der Waals surface area contributed by atoms with E-state index in [1.54, 1.807) is 42.5 Å². The van der Waals surface area contributed by atoms with Gasteiger partial charge < -0.3 is 14.2 Å². The van der Waals surface area contributed by atoms with Crippen LogP contribution in [0.15, 0.2) is 42.5 Å². The number of carbonyl (C=O) groups is 1. The summed E-state index contributed by atoms with van der Waals surface area (Å²) in [6.07, 6.45) is 0. The lowest BCUT2D eigenvalue weighted by atomic mass is 10.1. The molecular weight excluding hydrogens is 282 g/mol. The molecule has 0 N–H and O–H groups in total. The zero-order chi connectivity index (χ0) is 15.4. The van der Waals surface area contributed by atoms with Crippen LogP contribution in [0.2, 0.25) is 0 Å². The minimum Gasteiger partial charge on any atom is -0.486 e. The first-order valence-corrected chi connectivity index (χ1v) is 6.83. The summed E-state index contributed by atoms with van der Waals surface area (Å²) in [5, 5.41) is 8.75. The fraction of sp³-hybridized carbons (Fsp3) is 0.176. The number of hydrogen-bond acceptors (Lipinski definition) is 5. The Morgan fingerprint density at radius 3 is 2.68 bits per heavy atom. The van der Waals surface area contributed by atoms with Crippen molar-refractivity contribution in [3.05, 3.63) is 59.2 Å². The number of nitrogens with zero attached hydrogens (tertiary/aromatic N) is 1. The number of rotatable bonds is 3. The Morgan fingerprint density at radius 1 is 1.14 bits per heavy atom. The Labute approximate surface area is 127 Å². The first-order valence-electron chi connectivity index (χ1n) is 6.83. The summed E-state index contributed by atoms with van der Waals surface area (Å²) in [5.74, 6) is 0.518. The third-order valence-electron chi connectivity index (χ3n) is 3.24. The Kier molecular flexibility index (Phi) is 3.92. The number of carbonyl (C=O) groups excluding carboxylic acids is 1. The molecule has 1 aliphatic rings. The normalized spacial score (nSPS) is 12.3. The quantitative estimate of drug-likeness (QED) is 0.814. The van der Waals surface area contributed by atoms with Gasteiger partial charge in [0.1, 0.15) is 25.4 Å². The van der Waals surface area contributed by atoms with Crippen molar-refractivity contribution in [2.75, 3.05) is 13.2 Å². The third-order valence-corrected chi connectivity index (χ3v) is 3.24. The van der Waals surface area contributed by atoms with E-state index < -0.39 is 5.97 Å². The van der Waals surface area contributed by atoms with Crippen molar-refractivity contribution in [2.45, 2.75) is 6.61 Å². The van der Waals surface area contributed by atoms with E-state index in [-0.39, 0.29) is 6.61 Å². The number of esters is 1. The first-order chi connectivity index (χ1) is 10.8. The molecular formula is C17H13NO4. The lowest BCUT2D eigenvalue weighted by molar-refractivity contribution is 0.0463. The van der Waals surface area contributed by atoms with Crippen molar-refractivity contribution in [1.82, 2.24) is 0 Å². The van der Waals surface area contributed by atoms with E-state index in [1.807, 2.05) is 6.07 Å². The van der Waals surface area contributed by atoms with Crippen molar-refractivity contribution in [3.63, 3.8) is 0 Å². The van der Waals surface area contributed by atoms with E-state index in [0.29, 0.717) is 35.8 Å². The van der Waals surface area contributed by atoms with Crippen LogP contribution in [-0.4, -0.2) is 19.2 Å². The molecule has 1 heterocycles. The first kappa shape index (κ1) is 14.0. The van der Waals surface area contributed by atoms with Crippen LogP contribution < -0.4 is 9.47 Å². The van der Waals surface area contributed by atoms with Gasteiger partial charge in [-0.15, -0.1) is 0 Å². The Balaban J connectivity index is 1.71. The molecule has 22 heavy (non-hydrogen) atoms. The highest BCUT2D eigenvalue weighted by Gasteiger charge is 2.21. The van der Waals surface area contributed by atoms with Crippen LogP contribution in [0, 0.1) is 11.3 Å². The predicted octanol–water partition coefficient (Wildman–Crippen LogP) is 2.69. The molecule has 0 atom stereocenters. The second kappa shape index (κ2) is 6.19. The van der Waals surface area contributed by atoms with Gasteiger partial charge in [0.15, 0.2) is 11.5 Å². The zero-order valence-electron chi connectivity index (χ0n) is 11.7. The Hall–Kier alpha value is -3.00. The number of fused-ring (bicyclic) bond motifs is 1. The number of hydrogen-bond donors (Lipinski definition) is 0. The van der Waals surface area contributed by atoms with Gasteiger partial charge in [0, 0.05) is 0 Å². The van der Waals surface area contributed by atoms with E-state index in [1.165, 1.54) is 0 Å². The van der Waals surface area contributed by atoms with Gasteiger partial charge in [-0.25, -0.2) is 4.79 Å². The molecule has 0 amide bonds. The highest BCUT2D eigenvalue weighted by molar-refractivity contribution is 5.93. The second-order valence-corrected chi connectivity index (χ2v) is 4.71. The van der Waals surface area contributed by atoms with Crippen molar-refractivity contribution >= 4 is 5.97 Å². The highest BCUT2D eigenvalue weighted by atomic mass is 16.6. The van der Waals surface area contributed by atoms with Gasteiger partial charge in [-0.3, -0.25) is 0 Å². The van der Waals surface area contributed by atoms with Gasteiger partial charge in [0.25, 0.3) is 0 Å². The molecule has 0 bridgehead atoms. The smallest absolute Gasteiger partial charge is 0.342 e. The molecule has 3 rings (SSSR count). The largest absolute Gasteiger partial charge is 0.486 e. The molecule has 2 aromatic rings. The molecule has 0 aliphatic carbocycles. The van der Waals surface area contributed by atoms with E-state index in [2.05, 4.69) is 0 Å². The predicted molar refractivity (Wildman–Crippen MR) is 77.7 cm³/mol. The average Bonchev–Trinajstić information content (AvgIpc) is 2.59. The van der Waals surface area contributed by atoms with Gasteiger partial charge in [-0.1, -0.05) is 18.2 Å². The van der Waals surface area contributed by atoms with Crippen molar-refractivity contribution in [3.8, 4) is 17.6 Å². The molecule has 2 aromatic carbocycles. The molecule has 1 aliphatic heterocycles. The summed E-state index contributed by atoms with van der Waals surface area (Å²) in [7, 11) is 0. The van der Waals surface area contributed by atoms with Crippen LogP contribution in [0.3, 0.4) is 0 Å². The number of para-hydroxylation sites is 1. The standard InChI is InChI=1S/C17H13NO4/c18-10-12-4-6-13(7-5-12)11-22-17(19)14-2-1-3-15-16(14)21-9-8-20-15/h1-7H,8-9,11H2. The molecule has 5 heteroatoms. The molecule has 0 saturated carbocycles. The SMILES string of the molecule is N#Cc1ccc(COC(=O)c2cccc3c2OCCO3)cc1. The van der Waals surface area contributed by atoms with Gasteiger partial charge in [0.2, 0.25) is 0 Å².